The Labute approximate surface area is 87.6 Å². The van der Waals surface area contributed by atoms with Crippen molar-refractivity contribution in [2.75, 3.05) is 7.11 Å². The van der Waals surface area contributed by atoms with Crippen LogP contribution >= 0.6 is 0 Å². The molecule has 1 aromatic carbocycles. The number of ether oxygens (including phenoxy) is 1. The number of nitriles is 1. The molecule has 4 heteroatoms. The number of nitrogens with zero attached hydrogens (tertiary/aromatic N) is 1. The first-order valence-corrected chi connectivity index (χ1v) is 4.23. The summed E-state index contributed by atoms with van der Waals surface area (Å²) in [6.07, 6.45) is 1.40. The summed E-state index contributed by atoms with van der Waals surface area (Å²) in [4.78, 5) is 10.8. The Hall–Kier alpha value is -2.28. The van der Waals surface area contributed by atoms with Crippen LogP contribution in [-0.4, -0.2) is 13.0 Å². The van der Waals surface area contributed by atoms with Gasteiger partial charge in [0.2, 0.25) is 0 Å². The number of hydrogen-bond donors (Lipinski definition) is 1. The third-order valence-corrected chi connectivity index (χ3v) is 1.82. The molecule has 1 aromatic rings. The second-order valence-corrected chi connectivity index (χ2v) is 2.78. The lowest BCUT2D eigenvalue weighted by molar-refractivity contribution is -0.114. The molecule has 0 saturated carbocycles. The normalized spacial score (nSPS) is 10.5. The van der Waals surface area contributed by atoms with Gasteiger partial charge in [0.15, 0.2) is 0 Å². The molecular weight excluding hydrogens is 192 g/mol. The first kappa shape index (κ1) is 10.8. The molecule has 4 nitrogen and oxygen atoms in total. The molecule has 0 heterocycles. The molecule has 0 aromatic heterocycles. The van der Waals surface area contributed by atoms with Crippen LogP contribution in [0.15, 0.2) is 29.8 Å². The minimum Gasteiger partial charge on any atom is -0.496 e. The van der Waals surface area contributed by atoms with Gasteiger partial charge in [0, 0.05) is 5.56 Å². The maximum atomic E-state index is 10.8. The molecule has 0 aliphatic rings. The molecule has 0 unspecified atom stereocenters. The summed E-state index contributed by atoms with van der Waals surface area (Å²) in [7, 11) is 1.52. The molecule has 1 amide bonds. The van der Waals surface area contributed by atoms with Crippen LogP contribution < -0.4 is 10.5 Å². The zero-order chi connectivity index (χ0) is 11.3. The number of carbonyl (C=O) groups is 1. The molecule has 0 aliphatic heterocycles. The second-order valence-electron chi connectivity index (χ2n) is 2.78. The average molecular weight is 202 g/mol. The highest BCUT2D eigenvalue weighted by atomic mass is 16.5. The Balaban J connectivity index is 3.18. The van der Waals surface area contributed by atoms with Gasteiger partial charge in [-0.2, -0.15) is 5.26 Å². The predicted octanol–water partition coefficient (Wildman–Crippen LogP) is 1.09. The highest BCUT2D eigenvalue weighted by Gasteiger charge is 2.05. The fourth-order valence-electron chi connectivity index (χ4n) is 1.10. The van der Waals surface area contributed by atoms with Crippen molar-refractivity contribution in [3.8, 4) is 11.8 Å². The van der Waals surface area contributed by atoms with Gasteiger partial charge in [0.25, 0.3) is 5.91 Å². The summed E-state index contributed by atoms with van der Waals surface area (Å²) >= 11 is 0. The van der Waals surface area contributed by atoms with Crippen LogP contribution in [0.3, 0.4) is 0 Å². The molecular formula is C11H10N2O2. The average Bonchev–Trinajstić information content (AvgIpc) is 2.25. The number of methoxy groups -OCH3 is 1. The van der Waals surface area contributed by atoms with E-state index < -0.39 is 5.91 Å². The van der Waals surface area contributed by atoms with Crippen molar-refractivity contribution in [3.63, 3.8) is 0 Å². The number of para-hydroxylation sites is 1. The lowest BCUT2D eigenvalue weighted by Crippen LogP contribution is -2.12. The topological polar surface area (TPSA) is 76.1 Å². The molecule has 15 heavy (non-hydrogen) atoms. The van der Waals surface area contributed by atoms with Gasteiger partial charge in [-0.3, -0.25) is 4.79 Å². The van der Waals surface area contributed by atoms with Crippen molar-refractivity contribution in [1.29, 1.82) is 5.26 Å². The Morgan fingerprint density at radius 3 is 2.73 bits per heavy atom. The minimum absolute atomic E-state index is 0.0977. The zero-order valence-corrected chi connectivity index (χ0v) is 8.23. The molecule has 1 rings (SSSR count). The Kier molecular flexibility index (Phi) is 3.47. The van der Waals surface area contributed by atoms with E-state index in [0.29, 0.717) is 11.3 Å². The first-order valence-electron chi connectivity index (χ1n) is 4.23. The number of nitrogens with two attached hydrogens (primary N) is 1. The van der Waals surface area contributed by atoms with Gasteiger partial charge in [0.1, 0.15) is 17.4 Å². The third-order valence-electron chi connectivity index (χ3n) is 1.82. The molecule has 2 N–H and O–H groups in total. The van der Waals surface area contributed by atoms with Crippen LogP contribution in [-0.2, 0) is 4.79 Å². The molecule has 0 aliphatic carbocycles. The van der Waals surface area contributed by atoms with Gasteiger partial charge in [-0.05, 0) is 12.1 Å². The highest BCUT2D eigenvalue weighted by Crippen LogP contribution is 2.19. The molecule has 0 spiro atoms. The fraction of sp³-hybridized carbons (Fsp3) is 0.0909. The van der Waals surface area contributed by atoms with Crippen LogP contribution in [0.25, 0.3) is 6.08 Å². The lowest BCUT2D eigenvalue weighted by atomic mass is 10.1. The number of carbonyl (C=O) groups excluding carboxylic acids is 1. The summed E-state index contributed by atoms with van der Waals surface area (Å²) in [5.41, 5.74) is 5.57. The van der Waals surface area contributed by atoms with Gasteiger partial charge in [-0.1, -0.05) is 18.2 Å². The Morgan fingerprint density at radius 2 is 2.20 bits per heavy atom. The number of hydrogen-bond acceptors (Lipinski definition) is 3. The molecule has 0 saturated heterocycles. The van der Waals surface area contributed by atoms with E-state index in [-0.39, 0.29) is 5.57 Å². The molecule has 76 valence electrons. The largest absolute Gasteiger partial charge is 0.496 e. The van der Waals surface area contributed by atoms with Gasteiger partial charge in [-0.15, -0.1) is 0 Å². The van der Waals surface area contributed by atoms with E-state index >= 15 is 0 Å². The third kappa shape index (κ3) is 2.58. The van der Waals surface area contributed by atoms with E-state index in [1.54, 1.807) is 30.3 Å². The van der Waals surface area contributed by atoms with E-state index in [9.17, 15) is 4.79 Å². The molecule has 0 atom stereocenters. The van der Waals surface area contributed by atoms with Gasteiger partial charge >= 0.3 is 0 Å². The van der Waals surface area contributed by atoms with Crippen molar-refractivity contribution < 1.29 is 9.53 Å². The second kappa shape index (κ2) is 4.82. The molecule has 0 radical (unpaired) electrons. The Bertz CT molecular complexity index is 444. The highest BCUT2D eigenvalue weighted by molar-refractivity contribution is 6.00. The van der Waals surface area contributed by atoms with E-state index in [4.69, 9.17) is 15.7 Å². The van der Waals surface area contributed by atoms with Crippen LogP contribution in [0.2, 0.25) is 0 Å². The van der Waals surface area contributed by atoms with Crippen molar-refractivity contribution >= 4 is 12.0 Å². The van der Waals surface area contributed by atoms with Crippen molar-refractivity contribution in [3.05, 3.63) is 35.4 Å². The zero-order valence-electron chi connectivity index (χ0n) is 8.23. The monoisotopic (exact) mass is 202 g/mol. The molecule has 0 fully saturated rings. The summed E-state index contributed by atoms with van der Waals surface area (Å²) in [6, 6.07) is 8.79. The van der Waals surface area contributed by atoms with Gasteiger partial charge < -0.3 is 10.5 Å². The summed E-state index contributed by atoms with van der Waals surface area (Å²) in [5, 5.41) is 8.66. The van der Waals surface area contributed by atoms with Crippen molar-refractivity contribution in [2.24, 2.45) is 5.73 Å². The van der Waals surface area contributed by atoms with Crippen LogP contribution in [0.5, 0.6) is 5.75 Å². The van der Waals surface area contributed by atoms with Crippen molar-refractivity contribution in [1.82, 2.24) is 0 Å². The van der Waals surface area contributed by atoms with Crippen LogP contribution in [0.1, 0.15) is 5.56 Å². The van der Waals surface area contributed by atoms with Crippen LogP contribution in [0.4, 0.5) is 0 Å². The van der Waals surface area contributed by atoms with E-state index in [0.717, 1.165) is 0 Å². The van der Waals surface area contributed by atoms with E-state index in [2.05, 4.69) is 0 Å². The number of benzene rings is 1. The quantitative estimate of drug-likeness (QED) is 0.588. The first-order chi connectivity index (χ1) is 7.19. The lowest BCUT2D eigenvalue weighted by Gasteiger charge is -2.03. The van der Waals surface area contributed by atoms with E-state index in [1.807, 2.05) is 0 Å². The molecule has 0 bridgehead atoms. The number of amides is 1. The summed E-state index contributed by atoms with van der Waals surface area (Å²) in [5.74, 6) is -0.157. The van der Waals surface area contributed by atoms with E-state index in [1.165, 1.54) is 13.2 Å². The standard InChI is InChI=1S/C11H10N2O2/c1-15-10-5-3-2-4-8(10)6-9(7-12)11(13)14/h2-6H,1H3,(H2,13,14)/b9-6-. The number of rotatable bonds is 3. The smallest absolute Gasteiger partial charge is 0.259 e. The van der Waals surface area contributed by atoms with Crippen molar-refractivity contribution in [2.45, 2.75) is 0 Å². The SMILES string of the molecule is COc1ccccc1/C=C(/C#N)C(N)=O. The maximum Gasteiger partial charge on any atom is 0.259 e. The minimum atomic E-state index is -0.747. The van der Waals surface area contributed by atoms with Crippen LogP contribution in [0, 0.1) is 11.3 Å². The van der Waals surface area contributed by atoms with Gasteiger partial charge in [-0.25, -0.2) is 0 Å². The fourth-order valence-corrected chi connectivity index (χ4v) is 1.10. The Morgan fingerprint density at radius 1 is 1.53 bits per heavy atom. The maximum absolute atomic E-state index is 10.8. The summed E-state index contributed by atoms with van der Waals surface area (Å²) in [6.45, 7) is 0. The van der Waals surface area contributed by atoms with Gasteiger partial charge in [0.05, 0.1) is 7.11 Å². The number of primary amides is 1. The summed E-state index contributed by atoms with van der Waals surface area (Å²) < 4.78 is 5.06. The predicted molar refractivity (Wildman–Crippen MR) is 55.8 cm³/mol.